The number of benzene rings is 3. The molecule has 1 N–H and O–H groups in total. The van der Waals surface area contributed by atoms with Crippen molar-refractivity contribution in [1.82, 2.24) is 14.8 Å². The zero-order valence-electron chi connectivity index (χ0n) is 16.8. The molecule has 0 aliphatic rings. The molecule has 6 heteroatoms. The van der Waals surface area contributed by atoms with Gasteiger partial charge >= 0.3 is 0 Å². The smallest absolute Gasteiger partial charge is 0.242 e. The molecule has 0 aliphatic carbocycles. The second-order valence-electron chi connectivity index (χ2n) is 6.97. The maximum atomic E-state index is 13.2. The summed E-state index contributed by atoms with van der Waals surface area (Å²) >= 11 is 1.39. The molecular weight excluding hydrogens is 392 g/mol. The van der Waals surface area contributed by atoms with Crippen LogP contribution in [0.25, 0.3) is 5.69 Å². The second kappa shape index (κ2) is 8.97. The number of anilines is 1. The maximum Gasteiger partial charge on any atom is 0.242 e. The van der Waals surface area contributed by atoms with E-state index in [0.29, 0.717) is 5.16 Å². The molecule has 0 radical (unpaired) electrons. The number of carbonyl (C=O) groups is 1. The molecule has 4 rings (SSSR count). The van der Waals surface area contributed by atoms with Crippen molar-refractivity contribution in [3.8, 4) is 5.69 Å². The van der Waals surface area contributed by atoms with Gasteiger partial charge in [0, 0.05) is 11.4 Å². The first-order chi connectivity index (χ1) is 14.6. The fraction of sp³-hybridized carbons (Fsp3) is 0.125. The number of thioether (sulfide) groups is 1. The summed E-state index contributed by atoms with van der Waals surface area (Å²) < 4.78 is 1.99. The first kappa shape index (κ1) is 19.9. The molecule has 1 atom stereocenters. The summed E-state index contributed by atoms with van der Waals surface area (Å²) in [5.41, 5.74) is 3.81. The van der Waals surface area contributed by atoms with Crippen molar-refractivity contribution in [2.45, 2.75) is 24.3 Å². The van der Waals surface area contributed by atoms with Crippen LogP contribution in [-0.2, 0) is 4.79 Å². The van der Waals surface area contributed by atoms with Crippen molar-refractivity contribution in [3.63, 3.8) is 0 Å². The van der Waals surface area contributed by atoms with Gasteiger partial charge in [0.05, 0.1) is 0 Å². The number of para-hydroxylation sites is 1. The third-order valence-corrected chi connectivity index (χ3v) is 5.86. The lowest BCUT2D eigenvalue weighted by molar-refractivity contribution is -0.115. The van der Waals surface area contributed by atoms with Gasteiger partial charge in [0.2, 0.25) is 5.91 Å². The zero-order chi connectivity index (χ0) is 20.9. The van der Waals surface area contributed by atoms with Crippen molar-refractivity contribution >= 4 is 23.4 Å². The first-order valence-electron chi connectivity index (χ1n) is 9.68. The van der Waals surface area contributed by atoms with Gasteiger partial charge in [-0.3, -0.25) is 9.36 Å². The highest BCUT2D eigenvalue weighted by molar-refractivity contribution is 8.00. The van der Waals surface area contributed by atoms with Gasteiger partial charge in [-0.15, -0.1) is 10.2 Å². The van der Waals surface area contributed by atoms with Crippen LogP contribution in [-0.4, -0.2) is 20.7 Å². The summed E-state index contributed by atoms with van der Waals surface area (Å²) in [5.74, 6) is 0.673. The van der Waals surface area contributed by atoms with Gasteiger partial charge in [-0.25, -0.2) is 0 Å². The number of nitrogens with zero attached hydrogens (tertiary/aromatic N) is 3. The standard InChI is InChI=1S/C24H22N4OS/c1-17-10-9-15-21(16-17)28-18(2)26-27-24(28)30-22(19-11-5-3-6-12-19)23(29)25-20-13-7-4-8-14-20/h3-16,22H,1-2H3,(H,25,29). The molecule has 0 spiro atoms. The third-order valence-electron chi connectivity index (χ3n) is 4.66. The zero-order valence-corrected chi connectivity index (χ0v) is 17.6. The Morgan fingerprint density at radius 2 is 1.60 bits per heavy atom. The van der Waals surface area contributed by atoms with E-state index >= 15 is 0 Å². The second-order valence-corrected chi connectivity index (χ2v) is 8.04. The highest BCUT2D eigenvalue weighted by Crippen LogP contribution is 2.36. The van der Waals surface area contributed by atoms with Crippen LogP contribution in [0.2, 0.25) is 0 Å². The number of hydrogen-bond donors (Lipinski definition) is 1. The summed E-state index contributed by atoms with van der Waals surface area (Å²) in [6.45, 7) is 3.97. The van der Waals surface area contributed by atoms with Crippen molar-refractivity contribution in [2.75, 3.05) is 5.32 Å². The van der Waals surface area contributed by atoms with Crippen molar-refractivity contribution in [3.05, 3.63) is 102 Å². The van der Waals surface area contributed by atoms with Crippen LogP contribution in [0.3, 0.4) is 0 Å². The Morgan fingerprint density at radius 3 is 2.30 bits per heavy atom. The Kier molecular flexibility index (Phi) is 5.95. The normalized spacial score (nSPS) is 11.8. The minimum atomic E-state index is -0.474. The van der Waals surface area contributed by atoms with Crippen LogP contribution >= 0.6 is 11.8 Å². The number of aromatic nitrogens is 3. The van der Waals surface area contributed by atoms with Gasteiger partial charge in [-0.2, -0.15) is 0 Å². The third kappa shape index (κ3) is 4.44. The van der Waals surface area contributed by atoms with Crippen molar-refractivity contribution in [2.24, 2.45) is 0 Å². The Balaban J connectivity index is 1.69. The molecule has 1 heterocycles. The van der Waals surface area contributed by atoms with Gasteiger partial charge in [0.15, 0.2) is 5.16 Å². The SMILES string of the molecule is Cc1cccc(-n2c(C)nnc2SC(C(=O)Nc2ccccc2)c2ccccc2)c1. The summed E-state index contributed by atoms with van der Waals surface area (Å²) in [6.07, 6.45) is 0. The number of amides is 1. The largest absolute Gasteiger partial charge is 0.325 e. The lowest BCUT2D eigenvalue weighted by Gasteiger charge is -2.17. The van der Waals surface area contributed by atoms with E-state index in [1.165, 1.54) is 11.8 Å². The molecule has 0 aliphatic heterocycles. The molecular formula is C24H22N4OS. The molecule has 1 amide bonds. The summed E-state index contributed by atoms with van der Waals surface area (Å²) in [6, 6.07) is 27.4. The highest BCUT2D eigenvalue weighted by atomic mass is 32.2. The monoisotopic (exact) mass is 414 g/mol. The Hall–Kier alpha value is -3.38. The van der Waals surface area contributed by atoms with Crippen LogP contribution in [0, 0.1) is 13.8 Å². The summed E-state index contributed by atoms with van der Waals surface area (Å²) in [7, 11) is 0. The van der Waals surface area contributed by atoms with E-state index in [2.05, 4.69) is 34.6 Å². The Morgan fingerprint density at radius 1 is 0.900 bits per heavy atom. The predicted molar refractivity (Wildman–Crippen MR) is 121 cm³/mol. The molecule has 0 fully saturated rings. The van der Waals surface area contributed by atoms with Gasteiger partial charge in [-0.1, -0.05) is 72.4 Å². The maximum absolute atomic E-state index is 13.2. The van der Waals surface area contributed by atoms with E-state index in [9.17, 15) is 4.79 Å². The first-order valence-corrected chi connectivity index (χ1v) is 10.6. The summed E-state index contributed by atoms with van der Waals surface area (Å²) in [5, 5.41) is 11.9. The van der Waals surface area contributed by atoms with E-state index in [1.54, 1.807) is 0 Å². The summed E-state index contributed by atoms with van der Waals surface area (Å²) in [4.78, 5) is 13.2. The molecule has 5 nitrogen and oxygen atoms in total. The van der Waals surface area contributed by atoms with E-state index in [-0.39, 0.29) is 5.91 Å². The quantitative estimate of drug-likeness (QED) is 0.432. The Bertz CT molecular complexity index is 1140. The van der Waals surface area contributed by atoms with Crippen LogP contribution < -0.4 is 5.32 Å². The van der Waals surface area contributed by atoms with Crippen LogP contribution in [0.4, 0.5) is 5.69 Å². The van der Waals surface area contributed by atoms with E-state index < -0.39 is 5.25 Å². The van der Waals surface area contributed by atoms with Gasteiger partial charge in [0.25, 0.3) is 0 Å². The van der Waals surface area contributed by atoms with Crippen molar-refractivity contribution < 1.29 is 4.79 Å². The lowest BCUT2D eigenvalue weighted by Crippen LogP contribution is -2.19. The predicted octanol–water partition coefficient (Wildman–Crippen LogP) is 5.36. The van der Waals surface area contributed by atoms with Crippen LogP contribution in [0.1, 0.15) is 22.2 Å². The molecule has 1 aromatic heterocycles. The topological polar surface area (TPSA) is 59.8 Å². The fourth-order valence-corrected chi connectivity index (χ4v) is 4.32. The van der Waals surface area contributed by atoms with Gasteiger partial charge < -0.3 is 5.32 Å². The van der Waals surface area contributed by atoms with Crippen molar-refractivity contribution in [1.29, 1.82) is 0 Å². The minimum absolute atomic E-state index is 0.103. The van der Waals surface area contributed by atoms with Crippen LogP contribution in [0.15, 0.2) is 90.1 Å². The van der Waals surface area contributed by atoms with Crippen LogP contribution in [0.5, 0.6) is 0 Å². The van der Waals surface area contributed by atoms with E-state index in [0.717, 1.165) is 28.3 Å². The van der Waals surface area contributed by atoms with Gasteiger partial charge in [-0.05, 0) is 49.2 Å². The molecule has 3 aromatic carbocycles. The number of carbonyl (C=O) groups excluding carboxylic acids is 1. The molecule has 0 saturated heterocycles. The molecule has 150 valence electrons. The average Bonchev–Trinajstić information content (AvgIpc) is 3.13. The van der Waals surface area contributed by atoms with E-state index in [1.807, 2.05) is 84.3 Å². The molecule has 0 saturated carbocycles. The molecule has 30 heavy (non-hydrogen) atoms. The average molecular weight is 415 g/mol. The number of rotatable bonds is 6. The van der Waals surface area contributed by atoms with E-state index in [4.69, 9.17) is 0 Å². The molecule has 0 bridgehead atoms. The minimum Gasteiger partial charge on any atom is -0.325 e. The number of hydrogen-bond acceptors (Lipinski definition) is 4. The lowest BCUT2D eigenvalue weighted by atomic mass is 10.1. The van der Waals surface area contributed by atoms with Gasteiger partial charge in [0.1, 0.15) is 11.1 Å². The molecule has 1 unspecified atom stereocenters. The number of nitrogens with one attached hydrogen (secondary N) is 1. The fourth-order valence-electron chi connectivity index (χ4n) is 3.22. The Labute approximate surface area is 180 Å². The molecule has 4 aromatic rings. The highest BCUT2D eigenvalue weighted by Gasteiger charge is 2.25. The number of aryl methyl sites for hydroxylation is 2.